The minimum atomic E-state index is -1.27. The molecule has 0 saturated heterocycles. The lowest BCUT2D eigenvalue weighted by atomic mass is 10.6. The van der Waals surface area contributed by atoms with E-state index in [0.29, 0.717) is 0 Å². The Bertz CT molecular complexity index is 229. The van der Waals surface area contributed by atoms with Crippen LogP contribution in [0.15, 0.2) is 0 Å². The molecule has 0 aliphatic carbocycles. The van der Waals surface area contributed by atoms with Crippen LogP contribution in [-0.2, 0) is 14.7 Å². The van der Waals surface area contributed by atoms with Crippen molar-refractivity contribution < 1.29 is 19.8 Å². The third-order valence-electron chi connectivity index (χ3n) is 0.969. The van der Waals surface area contributed by atoms with Crippen LogP contribution in [0.1, 0.15) is 0 Å². The van der Waals surface area contributed by atoms with Crippen molar-refractivity contribution in [1.82, 2.24) is 4.90 Å². The molecule has 0 saturated carbocycles. The fourth-order valence-electron chi connectivity index (χ4n) is 0.377. The first kappa shape index (κ1) is 10.9. The first-order chi connectivity index (χ1) is 5.93. The number of hydrogen-bond donors (Lipinski definition) is 2. The van der Waals surface area contributed by atoms with Gasteiger partial charge in [0.1, 0.15) is 6.54 Å². The van der Waals surface area contributed by atoms with Gasteiger partial charge in [-0.1, -0.05) is 4.99 Å². The number of carbonyl (C=O) groups excluding carboxylic acids is 1. The van der Waals surface area contributed by atoms with E-state index >= 15 is 0 Å². The summed E-state index contributed by atoms with van der Waals surface area (Å²) in [5.41, 5.74) is 4.97. The molecule has 0 heterocycles. The molecule has 0 radical (unpaired) electrons. The minimum Gasteiger partial charge on any atom is -0.370 e. The molecule has 0 atom stereocenters. The van der Waals surface area contributed by atoms with E-state index in [4.69, 9.17) is 11.1 Å². The molecule has 0 aromatic heterocycles. The lowest BCUT2D eigenvalue weighted by molar-refractivity contribution is -0.839. The summed E-state index contributed by atoms with van der Waals surface area (Å²) in [7, 11) is 1.34. The van der Waals surface area contributed by atoms with E-state index in [1.807, 2.05) is 0 Å². The summed E-state index contributed by atoms with van der Waals surface area (Å²) in [6.07, 6.45) is 0. The highest BCUT2D eigenvalue weighted by molar-refractivity contribution is 5.80. The van der Waals surface area contributed by atoms with Gasteiger partial charge in [-0.3, -0.25) is 10.3 Å². The molecule has 0 fully saturated rings. The Labute approximate surface area is 72.5 Å². The van der Waals surface area contributed by atoms with E-state index in [0.717, 1.165) is 4.90 Å². The average Bonchev–Trinajstić information content (AvgIpc) is 2.00. The van der Waals surface area contributed by atoms with Crippen LogP contribution < -0.4 is 5.73 Å². The second-order valence-corrected chi connectivity index (χ2v) is 1.99. The zero-order valence-electron chi connectivity index (χ0n) is 6.72. The highest BCUT2D eigenvalue weighted by atomic mass is 17.3. The van der Waals surface area contributed by atoms with Crippen LogP contribution in [0.25, 0.3) is 0 Å². The summed E-state index contributed by atoms with van der Waals surface area (Å²) >= 11 is 0. The molecule has 3 N–H and O–H groups in total. The molecule has 0 aromatic rings. The fraction of sp³-hybridized carbons (Fsp3) is 0.500. The number of nitrogens with zero attached hydrogens (tertiary/aromatic N) is 2. The summed E-state index contributed by atoms with van der Waals surface area (Å²) in [4.78, 5) is 28.2. The predicted octanol–water partition coefficient (Wildman–Crippen LogP) is -1.52. The second-order valence-electron chi connectivity index (χ2n) is 1.99. The molecule has 74 valence electrons. The first-order valence-corrected chi connectivity index (χ1v) is 3.00. The molecule has 0 aliphatic rings. The number of hydrogen-bond acceptors (Lipinski definition) is 6. The van der Waals surface area contributed by atoms with Crippen molar-refractivity contribution in [1.29, 1.82) is 5.41 Å². The van der Waals surface area contributed by atoms with Gasteiger partial charge in [0.25, 0.3) is 0 Å². The SMILES string of the molecule is CN(CC(=O)OO[N+](=O)[O-])C(=N)N. The number of nitrogens with one attached hydrogen (secondary N) is 1. The quantitative estimate of drug-likeness (QED) is 0.181. The number of carbonyl (C=O) groups is 1. The highest BCUT2D eigenvalue weighted by Gasteiger charge is 2.10. The van der Waals surface area contributed by atoms with Crippen molar-refractivity contribution in [2.24, 2.45) is 5.73 Å². The second kappa shape index (κ2) is 4.74. The molecule has 0 unspecified atom stereocenters. The highest BCUT2D eigenvalue weighted by Crippen LogP contribution is 1.86. The Morgan fingerprint density at radius 2 is 2.31 bits per heavy atom. The lowest BCUT2D eigenvalue weighted by Gasteiger charge is -2.13. The van der Waals surface area contributed by atoms with Gasteiger partial charge in [-0.05, 0) is 0 Å². The van der Waals surface area contributed by atoms with E-state index in [1.165, 1.54) is 7.05 Å². The minimum absolute atomic E-state index is 0.363. The molecule has 9 heteroatoms. The van der Waals surface area contributed by atoms with Crippen LogP contribution >= 0.6 is 0 Å². The van der Waals surface area contributed by atoms with E-state index in [1.54, 1.807) is 0 Å². The number of nitrogens with two attached hydrogens (primary N) is 1. The molecule has 0 bridgehead atoms. The number of likely N-dealkylation sites (N-methyl/N-ethyl adjacent to an activating group) is 1. The standard InChI is InChI=1S/C4H8N4O5/c1-7(4(5)6)2-3(9)12-13-8(10)11/h2H2,1H3,(H3,5,6). The third kappa shape index (κ3) is 5.24. The van der Waals surface area contributed by atoms with Crippen molar-refractivity contribution >= 4 is 11.9 Å². The van der Waals surface area contributed by atoms with Gasteiger partial charge in [0.05, 0.1) is 0 Å². The van der Waals surface area contributed by atoms with Crippen LogP contribution in [0, 0.1) is 15.5 Å². The van der Waals surface area contributed by atoms with Crippen molar-refractivity contribution in [3.8, 4) is 0 Å². The summed E-state index contributed by atoms with van der Waals surface area (Å²) in [5, 5.41) is 15.1. The predicted molar refractivity (Wildman–Crippen MR) is 38.7 cm³/mol. The number of guanidine groups is 1. The molecule has 0 aromatic carbocycles. The van der Waals surface area contributed by atoms with Crippen LogP contribution in [-0.4, -0.2) is 35.5 Å². The van der Waals surface area contributed by atoms with E-state index < -0.39 is 17.6 Å². The van der Waals surface area contributed by atoms with Gasteiger partial charge in [0.15, 0.2) is 5.96 Å². The normalized spacial score (nSPS) is 8.69. The maximum atomic E-state index is 10.6. The van der Waals surface area contributed by atoms with Gasteiger partial charge in [-0.15, -0.1) is 10.1 Å². The zero-order chi connectivity index (χ0) is 10.4. The van der Waals surface area contributed by atoms with Crippen molar-refractivity contribution in [2.45, 2.75) is 0 Å². The third-order valence-corrected chi connectivity index (χ3v) is 0.969. The Kier molecular flexibility index (Phi) is 3.99. The molecule has 9 nitrogen and oxygen atoms in total. The molecule has 0 spiro atoms. The molecule has 0 rings (SSSR count). The fourth-order valence-corrected chi connectivity index (χ4v) is 0.377. The molecular weight excluding hydrogens is 184 g/mol. The summed E-state index contributed by atoms with van der Waals surface area (Å²) in [6, 6.07) is 0. The lowest BCUT2D eigenvalue weighted by Crippen LogP contribution is -2.37. The van der Waals surface area contributed by atoms with Gasteiger partial charge < -0.3 is 10.6 Å². The van der Waals surface area contributed by atoms with Crippen LogP contribution in [0.2, 0.25) is 0 Å². The Morgan fingerprint density at radius 1 is 1.77 bits per heavy atom. The van der Waals surface area contributed by atoms with Crippen molar-refractivity contribution in [2.75, 3.05) is 13.6 Å². The van der Waals surface area contributed by atoms with Crippen LogP contribution in [0.5, 0.6) is 0 Å². The monoisotopic (exact) mass is 192 g/mol. The topological polar surface area (TPSA) is 132 Å². The Hall–Kier alpha value is -2.06. The van der Waals surface area contributed by atoms with Gasteiger partial charge in [-0.2, -0.15) is 0 Å². The Balaban J connectivity index is 3.74. The maximum Gasteiger partial charge on any atom is 0.362 e. The summed E-state index contributed by atoms with van der Waals surface area (Å²) < 4.78 is 0. The largest absolute Gasteiger partial charge is 0.370 e. The van der Waals surface area contributed by atoms with Gasteiger partial charge in [-0.25, -0.2) is 4.79 Å². The molecule has 13 heavy (non-hydrogen) atoms. The smallest absolute Gasteiger partial charge is 0.362 e. The average molecular weight is 192 g/mol. The van der Waals surface area contributed by atoms with Crippen LogP contribution in [0.3, 0.4) is 0 Å². The molecule has 0 amide bonds. The molecule has 0 aliphatic heterocycles. The molecular formula is C4H8N4O5. The van der Waals surface area contributed by atoms with Crippen molar-refractivity contribution in [3.05, 3.63) is 10.1 Å². The van der Waals surface area contributed by atoms with E-state index in [-0.39, 0.29) is 5.96 Å². The number of rotatable bonds is 4. The summed E-state index contributed by atoms with van der Waals surface area (Å²) in [5.74, 6) is -1.38. The van der Waals surface area contributed by atoms with Crippen molar-refractivity contribution in [3.63, 3.8) is 0 Å². The summed E-state index contributed by atoms with van der Waals surface area (Å²) in [6.45, 7) is -0.400. The van der Waals surface area contributed by atoms with E-state index in [9.17, 15) is 14.9 Å². The van der Waals surface area contributed by atoms with Gasteiger partial charge >= 0.3 is 11.1 Å². The Morgan fingerprint density at radius 3 is 2.69 bits per heavy atom. The first-order valence-electron chi connectivity index (χ1n) is 3.00. The zero-order valence-corrected chi connectivity index (χ0v) is 6.72. The van der Waals surface area contributed by atoms with E-state index in [2.05, 4.69) is 9.88 Å². The maximum absolute atomic E-state index is 10.6. The van der Waals surface area contributed by atoms with Gasteiger partial charge in [0, 0.05) is 7.05 Å². The van der Waals surface area contributed by atoms with Crippen LogP contribution in [0.4, 0.5) is 0 Å². The van der Waals surface area contributed by atoms with Gasteiger partial charge in [0.2, 0.25) is 0 Å².